The molecule has 1 saturated carbocycles. The van der Waals surface area contributed by atoms with Crippen molar-refractivity contribution in [2.24, 2.45) is 17.3 Å². The number of hydrogen-bond acceptors (Lipinski definition) is 3. The van der Waals surface area contributed by atoms with Gasteiger partial charge in [-0.2, -0.15) is 0 Å². The largest absolute Gasteiger partial charge is 0.346 e. The normalized spacial score (nSPS) is 47.0. The number of ketones is 1. The lowest BCUT2D eigenvalue weighted by atomic mass is 9.52. The fraction of sp³-hybridized carbons (Fsp3) is 0.611. The summed E-state index contributed by atoms with van der Waals surface area (Å²) in [6.45, 7) is 3.97. The van der Waals surface area contributed by atoms with Gasteiger partial charge in [-0.3, -0.25) is 4.79 Å². The molecule has 3 nitrogen and oxygen atoms in total. The Labute approximate surface area is 125 Å². The molecule has 2 fully saturated rings. The van der Waals surface area contributed by atoms with Gasteiger partial charge in [-0.1, -0.05) is 23.8 Å². The monoisotopic (exact) mass is 286 g/mol. The molecule has 3 aliphatic carbocycles. The van der Waals surface area contributed by atoms with Crippen molar-refractivity contribution < 1.29 is 14.3 Å². The number of ether oxygens (including phenoxy) is 2. The van der Waals surface area contributed by atoms with Crippen molar-refractivity contribution in [3.05, 3.63) is 36.5 Å². The fourth-order valence-corrected chi connectivity index (χ4v) is 5.37. The van der Waals surface area contributed by atoms with Crippen molar-refractivity contribution in [3.8, 4) is 0 Å². The number of allylic oxidation sites excluding steroid dienone is 3. The highest BCUT2D eigenvalue weighted by molar-refractivity contribution is 5.97. The molecule has 1 heterocycles. The zero-order valence-electron chi connectivity index (χ0n) is 12.5. The highest BCUT2D eigenvalue weighted by Crippen LogP contribution is 2.66. The Hall–Kier alpha value is -1.19. The molecule has 3 heteroatoms. The lowest BCUT2D eigenvalue weighted by Crippen LogP contribution is -2.55. The Morgan fingerprint density at radius 2 is 2.43 bits per heavy atom. The van der Waals surface area contributed by atoms with Crippen LogP contribution in [0.1, 0.15) is 32.1 Å². The summed E-state index contributed by atoms with van der Waals surface area (Å²) in [5.41, 5.74) is 1.39. The second kappa shape index (κ2) is 4.40. The van der Waals surface area contributed by atoms with Gasteiger partial charge in [0.25, 0.3) is 0 Å². The van der Waals surface area contributed by atoms with Gasteiger partial charge in [0.2, 0.25) is 11.6 Å². The first-order valence-corrected chi connectivity index (χ1v) is 7.95. The molecular weight excluding hydrogens is 264 g/mol. The third kappa shape index (κ3) is 1.44. The standard InChI is InChI=1S/C18H22O3/c1-3-11-17-13-5-4-6-15(17)21-18(20-2)14(19)10-8-12(7-9-13)16(17)18/h3,8-10,12,15-16H,1,4-7,11H2,2H3/t12-,15+,16+,17-,18+/m1/s1. The van der Waals surface area contributed by atoms with Gasteiger partial charge in [-0.15, -0.1) is 6.58 Å². The molecule has 0 spiro atoms. The van der Waals surface area contributed by atoms with Gasteiger partial charge < -0.3 is 9.47 Å². The molecule has 0 aromatic carbocycles. The van der Waals surface area contributed by atoms with Crippen LogP contribution in [0.3, 0.4) is 0 Å². The predicted octanol–water partition coefficient (Wildman–Crippen LogP) is 3.18. The van der Waals surface area contributed by atoms with Crippen molar-refractivity contribution in [1.29, 1.82) is 0 Å². The minimum Gasteiger partial charge on any atom is -0.346 e. The maximum absolute atomic E-state index is 12.6. The number of rotatable bonds is 3. The van der Waals surface area contributed by atoms with Crippen LogP contribution in [0, 0.1) is 17.3 Å². The minimum atomic E-state index is -1.07. The molecule has 0 amide bonds. The van der Waals surface area contributed by atoms with E-state index in [1.54, 1.807) is 13.2 Å². The van der Waals surface area contributed by atoms with Gasteiger partial charge in [0.1, 0.15) is 0 Å². The van der Waals surface area contributed by atoms with Crippen LogP contribution >= 0.6 is 0 Å². The van der Waals surface area contributed by atoms with Crippen LogP contribution in [0.2, 0.25) is 0 Å². The van der Waals surface area contributed by atoms with Crippen molar-refractivity contribution >= 4 is 5.78 Å². The molecule has 5 atom stereocenters. The van der Waals surface area contributed by atoms with E-state index in [9.17, 15) is 4.79 Å². The van der Waals surface area contributed by atoms with Crippen LogP contribution in [0.5, 0.6) is 0 Å². The zero-order chi connectivity index (χ0) is 14.7. The highest BCUT2D eigenvalue weighted by Gasteiger charge is 2.71. The van der Waals surface area contributed by atoms with E-state index in [2.05, 4.69) is 18.7 Å². The molecular formula is C18H22O3. The Kier molecular flexibility index (Phi) is 2.82. The predicted molar refractivity (Wildman–Crippen MR) is 79.5 cm³/mol. The van der Waals surface area contributed by atoms with Crippen molar-refractivity contribution in [2.45, 2.75) is 44.0 Å². The lowest BCUT2D eigenvalue weighted by Gasteiger charge is -2.50. The lowest BCUT2D eigenvalue weighted by molar-refractivity contribution is -0.226. The van der Waals surface area contributed by atoms with Gasteiger partial charge in [-0.05, 0) is 44.1 Å². The van der Waals surface area contributed by atoms with Gasteiger partial charge in [0, 0.05) is 18.4 Å². The molecule has 4 aliphatic rings. The molecule has 1 aliphatic heterocycles. The first kappa shape index (κ1) is 13.5. The SMILES string of the molecule is C=CC[C@@]12C3=CC[C@@H]4C=CC(=O)[C@](OC)(O[C@H]1CCC3)[C@@H]42. The summed E-state index contributed by atoms with van der Waals surface area (Å²) in [5, 5.41) is 0. The fourth-order valence-electron chi connectivity index (χ4n) is 5.37. The summed E-state index contributed by atoms with van der Waals surface area (Å²) >= 11 is 0. The molecule has 0 bridgehead atoms. The third-order valence-electron chi connectivity index (χ3n) is 6.05. The Morgan fingerprint density at radius 1 is 1.57 bits per heavy atom. The van der Waals surface area contributed by atoms with E-state index in [1.807, 2.05) is 6.08 Å². The topological polar surface area (TPSA) is 35.5 Å². The molecule has 112 valence electrons. The second-order valence-electron chi connectivity index (χ2n) is 6.73. The van der Waals surface area contributed by atoms with Gasteiger partial charge in [0.05, 0.1) is 6.10 Å². The minimum absolute atomic E-state index is 0.0228. The Morgan fingerprint density at radius 3 is 3.19 bits per heavy atom. The molecule has 0 N–H and O–H groups in total. The van der Waals surface area contributed by atoms with Crippen LogP contribution in [0.4, 0.5) is 0 Å². The van der Waals surface area contributed by atoms with Gasteiger partial charge in [0.15, 0.2) is 0 Å². The first-order chi connectivity index (χ1) is 10.2. The van der Waals surface area contributed by atoms with Gasteiger partial charge in [-0.25, -0.2) is 0 Å². The maximum atomic E-state index is 12.6. The Bertz CT molecular complexity index is 561. The number of methoxy groups -OCH3 is 1. The molecule has 0 aromatic heterocycles. The van der Waals surface area contributed by atoms with Crippen LogP contribution in [0.15, 0.2) is 36.5 Å². The van der Waals surface area contributed by atoms with E-state index in [0.717, 1.165) is 32.1 Å². The third-order valence-corrected chi connectivity index (χ3v) is 6.05. The molecule has 0 aromatic rings. The van der Waals surface area contributed by atoms with E-state index in [1.165, 1.54) is 5.57 Å². The highest BCUT2D eigenvalue weighted by atomic mass is 16.7. The van der Waals surface area contributed by atoms with E-state index < -0.39 is 5.79 Å². The Balaban J connectivity index is 1.95. The summed E-state index contributed by atoms with van der Waals surface area (Å²) in [7, 11) is 1.62. The van der Waals surface area contributed by atoms with Crippen molar-refractivity contribution in [3.63, 3.8) is 0 Å². The quantitative estimate of drug-likeness (QED) is 0.748. The second-order valence-corrected chi connectivity index (χ2v) is 6.73. The molecule has 21 heavy (non-hydrogen) atoms. The average Bonchev–Trinajstić information content (AvgIpc) is 2.80. The van der Waals surface area contributed by atoms with Crippen LogP contribution in [0.25, 0.3) is 0 Å². The van der Waals surface area contributed by atoms with Crippen LogP contribution < -0.4 is 0 Å². The van der Waals surface area contributed by atoms with E-state index in [0.29, 0.717) is 5.92 Å². The average molecular weight is 286 g/mol. The summed E-state index contributed by atoms with van der Waals surface area (Å²) < 4.78 is 12.1. The van der Waals surface area contributed by atoms with Crippen LogP contribution in [-0.2, 0) is 14.3 Å². The van der Waals surface area contributed by atoms with Gasteiger partial charge >= 0.3 is 0 Å². The van der Waals surface area contributed by atoms with Crippen molar-refractivity contribution in [2.75, 3.05) is 7.11 Å². The van der Waals surface area contributed by atoms with E-state index in [-0.39, 0.29) is 23.2 Å². The maximum Gasteiger partial charge on any atom is 0.237 e. The molecule has 1 saturated heterocycles. The smallest absolute Gasteiger partial charge is 0.237 e. The summed E-state index contributed by atoms with van der Waals surface area (Å²) in [6, 6.07) is 0. The van der Waals surface area contributed by atoms with Crippen molar-refractivity contribution in [1.82, 2.24) is 0 Å². The summed E-state index contributed by atoms with van der Waals surface area (Å²) in [4.78, 5) is 12.6. The summed E-state index contributed by atoms with van der Waals surface area (Å²) in [5.74, 6) is -0.674. The number of carbonyl (C=O) groups excluding carboxylic acids is 1. The first-order valence-electron chi connectivity index (χ1n) is 7.95. The zero-order valence-corrected chi connectivity index (χ0v) is 12.5. The number of hydrogen-bond donors (Lipinski definition) is 0. The summed E-state index contributed by atoms with van der Waals surface area (Å²) in [6.07, 6.45) is 13.3. The molecule has 0 radical (unpaired) electrons. The molecule has 4 rings (SSSR count). The van der Waals surface area contributed by atoms with E-state index in [4.69, 9.17) is 9.47 Å². The van der Waals surface area contributed by atoms with Crippen LogP contribution in [-0.4, -0.2) is 24.8 Å². The molecule has 0 unspecified atom stereocenters. The van der Waals surface area contributed by atoms with E-state index >= 15 is 0 Å². The number of carbonyl (C=O) groups is 1.